The highest BCUT2D eigenvalue weighted by molar-refractivity contribution is 14.0. The second-order valence-electron chi connectivity index (χ2n) is 8.94. The largest absolute Gasteiger partial charge is 0.357 e. The molecule has 0 spiro atoms. The van der Waals surface area contributed by atoms with E-state index in [4.69, 9.17) is 0 Å². The summed E-state index contributed by atoms with van der Waals surface area (Å²) < 4.78 is 2.18. The van der Waals surface area contributed by atoms with Crippen LogP contribution in [0.1, 0.15) is 44.3 Å². The summed E-state index contributed by atoms with van der Waals surface area (Å²) in [4.78, 5) is 31.7. The Morgan fingerprint density at radius 3 is 2.59 bits per heavy atom. The van der Waals surface area contributed by atoms with Gasteiger partial charge < -0.3 is 15.2 Å². The zero-order valence-corrected chi connectivity index (χ0v) is 20.8. The van der Waals surface area contributed by atoms with Crippen molar-refractivity contribution in [1.29, 1.82) is 0 Å². The number of hydrogen-bond acceptors (Lipinski definition) is 5. The predicted molar refractivity (Wildman–Crippen MR) is 130 cm³/mol. The summed E-state index contributed by atoms with van der Waals surface area (Å²) >= 11 is 0. The molecule has 9 nitrogen and oxygen atoms in total. The van der Waals surface area contributed by atoms with Gasteiger partial charge >= 0.3 is 0 Å². The molecule has 2 aliphatic carbocycles. The Morgan fingerprint density at radius 2 is 1.88 bits per heavy atom. The van der Waals surface area contributed by atoms with Crippen molar-refractivity contribution >= 4 is 41.8 Å². The molecule has 1 saturated carbocycles. The summed E-state index contributed by atoms with van der Waals surface area (Å²) in [6.07, 6.45) is 9.26. The number of hydrogen-bond donors (Lipinski definition) is 2. The van der Waals surface area contributed by atoms with Crippen molar-refractivity contribution in [2.45, 2.75) is 52.1 Å². The van der Waals surface area contributed by atoms with Crippen molar-refractivity contribution < 1.29 is 9.59 Å². The lowest BCUT2D eigenvalue weighted by Crippen LogP contribution is -2.40. The third kappa shape index (κ3) is 4.17. The SMILES string of the molecule is CCNC(=NCc1nnc2n1CCCC2)NCCCN1C(=O)C2C3C=CC(C3)C2C1=O.I. The lowest BCUT2D eigenvalue weighted by molar-refractivity contribution is -0.140. The number of aromatic nitrogens is 3. The summed E-state index contributed by atoms with van der Waals surface area (Å²) in [5.74, 6) is 3.06. The molecule has 174 valence electrons. The van der Waals surface area contributed by atoms with Crippen molar-refractivity contribution in [3.05, 3.63) is 23.8 Å². The number of halogens is 1. The molecule has 4 aliphatic rings. The van der Waals surface area contributed by atoms with E-state index in [0.29, 0.717) is 32.0 Å². The van der Waals surface area contributed by atoms with E-state index in [1.807, 2.05) is 6.92 Å². The van der Waals surface area contributed by atoms with Crippen molar-refractivity contribution in [3.8, 4) is 0 Å². The minimum absolute atomic E-state index is 0. The zero-order chi connectivity index (χ0) is 21.4. The minimum atomic E-state index is -0.108. The number of amides is 2. The standard InChI is InChI=1S/C22H31N7O2.HI/c1-2-23-22(25-13-17-27-26-16-6-3-4-10-28(16)17)24-9-5-11-29-20(30)18-14-7-8-15(12-14)19(18)21(29)31;/h7-8,14-15,18-19H,2-6,9-13H2,1H3,(H2,23,24,25);1H. The lowest BCUT2D eigenvalue weighted by atomic mass is 9.85. The molecule has 1 aromatic heterocycles. The Labute approximate surface area is 205 Å². The number of nitrogens with zero attached hydrogens (tertiary/aromatic N) is 5. The third-order valence-electron chi connectivity index (χ3n) is 7.07. The van der Waals surface area contributed by atoms with Crippen LogP contribution >= 0.6 is 24.0 Å². The van der Waals surface area contributed by atoms with Gasteiger partial charge in [-0.3, -0.25) is 14.5 Å². The maximum atomic E-state index is 12.8. The highest BCUT2D eigenvalue weighted by Gasteiger charge is 2.58. The zero-order valence-electron chi connectivity index (χ0n) is 18.5. The Kier molecular flexibility index (Phi) is 7.16. The van der Waals surface area contributed by atoms with Crippen LogP contribution in [0.15, 0.2) is 17.1 Å². The average Bonchev–Trinajstić information content (AvgIpc) is 3.54. The van der Waals surface area contributed by atoms with Gasteiger partial charge in [0.1, 0.15) is 12.4 Å². The first-order chi connectivity index (χ1) is 15.2. The molecule has 2 fully saturated rings. The Morgan fingerprint density at radius 1 is 1.12 bits per heavy atom. The fraction of sp³-hybridized carbons (Fsp3) is 0.682. The number of guanidine groups is 1. The molecule has 32 heavy (non-hydrogen) atoms. The number of allylic oxidation sites excluding steroid dienone is 2. The first kappa shape index (κ1) is 23.2. The fourth-order valence-electron chi connectivity index (χ4n) is 5.61. The van der Waals surface area contributed by atoms with E-state index >= 15 is 0 Å². The summed E-state index contributed by atoms with van der Waals surface area (Å²) in [6.45, 7) is 5.33. The van der Waals surface area contributed by atoms with Crippen LogP contribution in [0.4, 0.5) is 0 Å². The molecule has 0 aromatic carbocycles. The number of carbonyl (C=O) groups excluding carboxylic acids is 2. The summed E-state index contributed by atoms with van der Waals surface area (Å²) in [7, 11) is 0. The Bertz CT molecular complexity index is 897. The van der Waals surface area contributed by atoms with E-state index in [9.17, 15) is 9.59 Å². The van der Waals surface area contributed by atoms with Crippen LogP contribution in [0, 0.1) is 23.7 Å². The van der Waals surface area contributed by atoms with E-state index in [2.05, 4.69) is 42.5 Å². The number of carbonyl (C=O) groups is 2. The number of nitrogens with one attached hydrogen (secondary N) is 2. The smallest absolute Gasteiger partial charge is 0.233 e. The molecule has 1 aromatic rings. The number of rotatable bonds is 7. The highest BCUT2D eigenvalue weighted by atomic mass is 127. The average molecular weight is 553 g/mol. The molecule has 4 atom stereocenters. The Balaban J connectivity index is 0.00000245. The summed E-state index contributed by atoms with van der Waals surface area (Å²) in [5, 5.41) is 15.2. The predicted octanol–water partition coefficient (Wildman–Crippen LogP) is 1.48. The maximum absolute atomic E-state index is 12.8. The molecular weight excluding hydrogens is 521 g/mol. The minimum Gasteiger partial charge on any atom is -0.357 e. The first-order valence-electron chi connectivity index (χ1n) is 11.6. The van der Waals surface area contributed by atoms with E-state index < -0.39 is 0 Å². The Hall–Kier alpha value is -1.98. The van der Waals surface area contributed by atoms with Gasteiger partial charge in [-0.1, -0.05) is 12.2 Å². The van der Waals surface area contributed by atoms with Gasteiger partial charge in [-0.15, -0.1) is 34.2 Å². The van der Waals surface area contributed by atoms with Crippen molar-refractivity contribution in [2.24, 2.45) is 28.7 Å². The van der Waals surface area contributed by atoms with Gasteiger partial charge in [0.15, 0.2) is 11.8 Å². The van der Waals surface area contributed by atoms with Gasteiger partial charge in [0.2, 0.25) is 11.8 Å². The molecule has 2 amide bonds. The molecule has 10 heteroatoms. The van der Waals surface area contributed by atoms with Crippen LogP contribution in [0.5, 0.6) is 0 Å². The number of imide groups is 1. The van der Waals surface area contributed by atoms with Crippen molar-refractivity contribution in [1.82, 2.24) is 30.3 Å². The molecule has 2 aliphatic heterocycles. The monoisotopic (exact) mass is 553 g/mol. The van der Waals surface area contributed by atoms with E-state index in [1.54, 1.807) is 0 Å². The van der Waals surface area contributed by atoms with Gasteiger partial charge in [-0.05, 0) is 44.4 Å². The second kappa shape index (κ2) is 9.88. The van der Waals surface area contributed by atoms with Crippen LogP contribution in [0.3, 0.4) is 0 Å². The molecule has 1 saturated heterocycles. The van der Waals surface area contributed by atoms with Crippen LogP contribution in [-0.2, 0) is 29.1 Å². The number of likely N-dealkylation sites (tertiary alicyclic amines) is 1. The van der Waals surface area contributed by atoms with Gasteiger partial charge in [-0.2, -0.15) is 0 Å². The number of aliphatic imine (C=N–C) groups is 1. The van der Waals surface area contributed by atoms with Crippen LogP contribution in [0.2, 0.25) is 0 Å². The highest BCUT2D eigenvalue weighted by Crippen LogP contribution is 2.52. The van der Waals surface area contributed by atoms with Crippen LogP contribution < -0.4 is 10.6 Å². The topological polar surface area (TPSA) is 105 Å². The maximum Gasteiger partial charge on any atom is 0.233 e. The number of fused-ring (bicyclic) bond motifs is 6. The normalized spacial score (nSPS) is 28.0. The first-order valence-corrected chi connectivity index (χ1v) is 11.6. The quantitative estimate of drug-likeness (QED) is 0.133. The fourth-order valence-corrected chi connectivity index (χ4v) is 5.61. The lowest BCUT2D eigenvalue weighted by Gasteiger charge is -2.18. The number of aryl methyl sites for hydroxylation is 1. The van der Waals surface area contributed by atoms with E-state index in [-0.39, 0.29) is 59.5 Å². The van der Waals surface area contributed by atoms with Gasteiger partial charge in [-0.25, -0.2) is 4.99 Å². The summed E-state index contributed by atoms with van der Waals surface area (Å²) in [6, 6.07) is 0. The van der Waals surface area contributed by atoms with E-state index in [0.717, 1.165) is 44.0 Å². The van der Waals surface area contributed by atoms with Gasteiger partial charge in [0.05, 0.1) is 11.8 Å². The van der Waals surface area contributed by atoms with Crippen LogP contribution in [-0.4, -0.2) is 57.1 Å². The van der Waals surface area contributed by atoms with Crippen molar-refractivity contribution in [2.75, 3.05) is 19.6 Å². The molecule has 2 N–H and O–H groups in total. The van der Waals surface area contributed by atoms with Gasteiger partial charge in [0, 0.05) is 32.6 Å². The second-order valence-corrected chi connectivity index (χ2v) is 8.94. The van der Waals surface area contributed by atoms with Crippen molar-refractivity contribution in [3.63, 3.8) is 0 Å². The summed E-state index contributed by atoms with van der Waals surface area (Å²) in [5.41, 5.74) is 0. The molecule has 2 bridgehead atoms. The third-order valence-corrected chi connectivity index (χ3v) is 7.07. The molecule has 3 heterocycles. The van der Waals surface area contributed by atoms with E-state index in [1.165, 1.54) is 11.3 Å². The molecular formula is C22H32IN7O2. The van der Waals surface area contributed by atoms with Gasteiger partial charge in [0.25, 0.3) is 0 Å². The molecule has 4 unspecified atom stereocenters. The molecule has 5 rings (SSSR count). The van der Waals surface area contributed by atoms with Crippen LogP contribution in [0.25, 0.3) is 0 Å². The molecule has 0 radical (unpaired) electrons.